The number of anilines is 1. The average molecular weight is 280 g/mol. The van der Waals surface area contributed by atoms with E-state index in [1.54, 1.807) is 12.4 Å². The van der Waals surface area contributed by atoms with E-state index in [1.807, 2.05) is 30.3 Å². The van der Waals surface area contributed by atoms with Gasteiger partial charge in [0.15, 0.2) is 0 Å². The van der Waals surface area contributed by atoms with E-state index < -0.39 is 0 Å². The minimum atomic E-state index is 0.585. The molecule has 0 spiro atoms. The number of hydrogen-bond acceptors (Lipinski definition) is 5. The van der Waals surface area contributed by atoms with E-state index >= 15 is 0 Å². The summed E-state index contributed by atoms with van der Waals surface area (Å²) in [6.45, 7) is 0.600. The van der Waals surface area contributed by atoms with Crippen LogP contribution in [0.15, 0.2) is 49.1 Å². The molecule has 2 aromatic heterocycles. The fraction of sp³-hybridized carbons (Fsp3) is 0.188. The van der Waals surface area contributed by atoms with Crippen LogP contribution in [0.3, 0.4) is 0 Å². The molecule has 3 rings (SSSR count). The smallest absolute Gasteiger partial charge is 0.224 e. The van der Waals surface area contributed by atoms with Crippen molar-refractivity contribution in [3.63, 3.8) is 0 Å². The second-order valence-electron chi connectivity index (χ2n) is 4.76. The van der Waals surface area contributed by atoms with Crippen molar-refractivity contribution in [2.45, 2.75) is 12.8 Å². The van der Waals surface area contributed by atoms with E-state index in [0.29, 0.717) is 18.2 Å². The van der Waals surface area contributed by atoms with Gasteiger partial charge in [-0.2, -0.15) is 0 Å². The van der Waals surface area contributed by atoms with Crippen molar-refractivity contribution in [3.8, 4) is 5.88 Å². The fourth-order valence-electron chi connectivity index (χ4n) is 2.16. The van der Waals surface area contributed by atoms with Crippen LogP contribution in [0.1, 0.15) is 12.0 Å². The molecule has 1 aromatic carbocycles. The van der Waals surface area contributed by atoms with Gasteiger partial charge in [0.25, 0.3) is 0 Å². The molecule has 0 amide bonds. The van der Waals surface area contributed by atoms with Crippen molar-refractivity contribution in [3.05, 3.63) is 54.6 Å². The van der Waals surface area contributed by atoms with E-state index in [2.05, 4.69) is 15.0 Å². The quantitative estimate of drug-likeness (QED) is 0.574. The van der Waals surface area contributed by atoms with Crippen LogP contribution < -0.4 is 10.5 Å². The first kappa shape index (κ1) is 13.3. The standard InChI is InChI=1S/C16H16N4O/c17-13-3-4-15-14(10-13)16(20-11-19-15)21-9-1-2-12-5-7-18-8-6-12/h3-8,10-11H,1-2,9,17H2. The van der Waals surface area contributed by atoms with E-state index in [-0.39, 0.29) is 0 Å². The monoisotopic (exact) mass is 280 g/mol. The van der Waals surface area contributed by atoms with Crippen LogP contribution in [0.5, 0.6) is 5.88 Å². The topological polar surface area (TPSA) is 73.9 Å². The molecule has 0 aliphatic heterocycles. The third kappa shape index (κ3) is 3.25. The largest absolute Gasteiger partial charge is 0.477 e. The molecule has 0 atom stereocenters. The molecular formula is C16H16N4O. The Morgan fingerprint density at radius 1 is 1.05 bits per heavy atom. The lowest BCUT2D eigenvalue weighted by molar-refractivity contribution is 0.303. The van der Waals surface area contributed by atoms with Crippen molar-refractivity contribution >= 4 is 16.6 Å². The number of ether oxygens (including phenoxy) is 1. The Hall–Kier alpha value is -2.69. The molecule has 0 bridgehead atoms. The molecule has 5 heteroatoms. The second kappa shape index (κ2) is 6.17. The minimum absolute atomic E-state index is 0.585. The Bertz CT molecular complexity index is 731. The van der Waals surface area contributed by atoms with Gasteiger partial charge in [0.2, 0.25) is 5.88 Å². The Morgan fingerprint density at radius 2 is 1.90 bits per heavy atom. The van der Waals surface area contributed by atoms with Gasteiger partial charge < -0.3 is 10.5 Å². The second-order valence-corrected chi connectivity index (χ2v) is 4.76. The van der Waals surface area contributed by atoms with Crippen LogP contribution in [-0.4, -0.2) is 21.6 Å². The molecule has 106 valence electrons. The highest BCUT2D eigenvalue weighted by molar-refractivity contribution is 5.86. The van der Waals surface area contributed by atoms with Gasteiger partial charge in [-0.3, -0.25) is 4.98 Å². The highest BCUT2D eigenvalue weighted by Gasteiger charge is 2.05. The molecule has 3 aromatic rings. The fourth-order valence-corrected chi connectivity index (χ4v) is 2.16. The summed E-state index contributed by atoms with van der Waals surface area (Å²) >= 11 is 0. The molecule has 0 aliphatic carbocycles. The summed E-state index contributed by atoms with van der Waals surface area (Å²) in [7, 11) is 0. The zero-order chi connectivity index (χ0) is 14.5. The van der Waals surface area contributed by atoms with Crippen LogP contribution >= 0.6 is 0 Å². The predicted molar refractivity (Wildman–Crippen MR) is 82.0 cm³/mol. The number of aromatic nitrogens is 3. The van der Waals surface area contributed by atoms with Gasteiger partial charge in [0.05, 0.1) is 17.5 Å². The van der Waals surface area contributed by atoms with Crippen molar-refractivity contribution in [1.82, 2.24) is 15.0 Å². The third-order valence-electron chi connectivity index (χ3n) is 3.22. The van der Waals surface area contributed by atoms with Gasteiger partial charge >= 0.3 is 0 Å². The van der Waals surface area contributed by atoms with Crippen LogP contribution in [0.4, 0.5) is 5.69 Å². The molecule has 21 heavy (non-hydrogen) atoms. The van der Waals surface area contributed by atoms with E-state index in [1.165, 1.54) is 11.9 Å². The van der Waals surface area contributed by atoms with Gasteiger partial charge in [-0.1, -0.05) is 0 Å². The summed E-state index contributed by atoms with van der Waals surface area (Å²) in [6, 6.07) is 9.56. The van der Waals surface area contributed by atoms with Gasteiger partial charge in [-0.05, 0) is 48.7 Å². The first-order valence-corrected chi connectivity index (χ1v) is 6.85. The molecular weight excluding hydrogens is 264 g/mol. The van der Waals surface area contributed by atoms with Gasteiger partial charge in [0.1, 0.15) is 6.33 Å². The number of nitrogens with two attached hydrogens (primary N) is 1. The van der Waals surface area contributed by atoms with E-state index in [9.17, 15) is 0 Å². The average Bonchev–Trinajstić information content (AvgIpc) is 2.53. The number of hydrogen-bond donors (Lipinski definition) is 1. The van der Waals surface area contributed by atoms with E-state index in [0.717, 1.165) is 23.7 Å². The Balaban J connectivity index is 1.64. The minimum Gasteiger partial charge on any atom is -0.477 e. The highest BCUT2D eigenvalue weighted by atomic mass is 16.5. The van der Waals surface area contributed by atoms with Crippen LogP contribution in [0.2, 0.25) is 0 Å². The summed E-state index contributed by atoms with van der Waals surface area (Å²) in [5, 5.41) is 0.849. The maximum Gasteiger partial charge on any atom is 0.224 e. The SMILES string of the molecule is Nc1ccc2ncnc(OCCCc3ccncc3)c2c1. The number of rotatable bonds is 5. The molecule has 0 aliphatic rings. The number of nitrogens with zero attached hydrogens (tertiary/aromatic N) is 3. The normalized spacial score (nSPS) is 10.7. The molecule has 0 fully saturated rings. The molecule has 0 radical (unpaired) electrons. The Labute approximate surface area is 122 Å². The van der Waals surface area contributed by atoms with Crippen molar-refractivity contribution in [2.24, 2.45) is 0 Å². The summed E-state index contributed by atoms with van der Waals surface area (Å²) in [5.41, 5.74) is 8.58. The van der Waals surface area contributed by atoms with Crippen molar-refractivity contribution < 1.29 is 4.74 Å². The summed E-state index contributed by atoms with van der Waals surface area (Å²) in [5.74, 6) is 0.585. The maximum atomic E-state index is 5.81. The van der Waals surface area contributed by atoms with Gasteiger partial charge in [-0.25, -0.2) is 9.97 Å². The van der Waals surface area contributed by atoms with Gasteiger partial charge in [0, 0.05) is 18.1 Å². The van der Waals surface area contributed by atoms with Crippen LogP contribution in [0, 0.1) is 0 Å². The molecule has 5 nitrogen and oxygen atoms in total. The van der Waals surface area contributed by atoms with Crippen LogP contribution in [-0.2, 0) is 6.42 Å². The van der Waals surface area contributed by atoms with Crippen molar-refractivity contribution in [2.75, 3.05) is 12.3 Å². The summed E-state index contributed by atoms with van der Waals surface area (Å²) in [6.07, 6.45) is 6.98. The number of benzene rings is 1. The van der Waals surface area contributed by atoms with Gasteiger partial charge in [-0.15, -0.1) is 0 Å². The van der Waals surface area contributed by atoms with Crippen molar-refractivity contribution in [1.29, 1.82) is 0 Å². The molecule has 0 saturated heterocycles. The maximum absolute atomic E-state index is 5.81. The summed E-state index contributed by atoms with van der Waals surface area (Å²) in [4.78, 5) is 12.4. The molecule has 2 heterocycles. The lowest BCUT2D eigenvalue weighted by Gasteiger charge is -2.08. The number of aryl methyl sites for hydroxylation is 1. The lowest BCUT2D eigenvalue weighted by atomic mass is 10.1. The molecule has 0 unspecified atom stereocenters. The Morgan fingerprint density at radius 3 is 2.76 bits per heavy atom. The predicted octanol–water partition coefficient (Wildman–Crippen LogP) is 2.62. The third-order valence-corrected chi connectivity index (χ3v) is 3.22. The lowest BCUT2D eigenvalue weighted by Crippen LogP contribution is -2.02. The molecule has 0 saturated carbocycles. The Kier molecular flexibility index (Phi) is 3.91. The zero-order valence-corrected chi connectivity index (χ0v) is 11.6. The number of pyridine rings is 1. The first-order valence-electron chi connectivity index (χ1n) is 6.85. The summed E-state index contributed by atoms with van der Waals surface area (Å²) < 4.78 is 5.77. The number of fused-ring (bicyclic) bond motifs is 1. The number of nitrogen functional groups attached to an aromatic ring is 1. The van der Waals surface area contributed by atoms with E-state index in [4.69, 9.17) is 10.5 Å². The first-order chi connectivity index (χ1) is 10.3. The zero-order valence-electron chi connectivity index (χ0n) is 11.6. The highest BCUT2D eigenvalue weighted by Crippen LogP contribution is 2.23. The van der Waals surface area contributed by atoms with Crippen LogP contribution in [0.25, 0.3) is 10.9 Å². The molecule has 2 N–H and O–H groups in total.